The molecule has 0 radical (unpaired) electrons. The van der Waals surface area contributed by atoms with Crippen LogP contribution in [0.3, 0.4) is 0 Å². The Hall–Kier alpha value is -0.700. The summed E-state index contributed by atoms with van der Waals surface area (Å²) >= 11 is 0. The van der Waals surface area contributed by atoms with Gasteiger partial charge in [-0.25, -0.2) is 4.68 Å². The standard InChI is InChI=1S/C6H11N3.ClH/c1-5-4-6(7)9(3)8(5)2;/h4,7H,1-3H3;1H. The topological polar surface area (TPSA) is 34.8 Å². The van der Waals surface area contributed by atoms with Crippen molar-refractivity contribution >= 4 is 5.82 Å². The molecule has 0 aliphatic carbocycles. The van der Waals surface area contributed by atoms with Crippen LogP contribution in [-0.2, 0) is 14.1 Å². The SMILES string of the molecule is Cc1cc(N)[n+](C)n1C.[Cl-]. The highest BCUT2D eigenvalue weighted by Crippen LogP contribution is 1.97. The molecule has 1 aromatic rings. The van der Waals surface area contributed by atoms with E-state index in [1.54, 1.807) is 0 Å². The van der Waals surface area contributed by atoms with Gasteiger partial charge in [0.15, 0.2) is 0 Å². The number of halogens is 1. The van der Waals surface area contributed by atoms with Gasteiger partial charge in [-0.2, -0.15) is 4.68 Å². The van der Waals surface area contributed by atoms with Crippen molar-refractivity contribution in [2.45, 2.75) is 6.92 Å². The summed E-state index contributed by atoms with van der Waals surface area (Å²) < 4.78 is 3.89. The first kappa shape index (κ1) is 9.30. The molecule has 10 heavy (non-hydrogen) atoms. The first-order valence-electron chi connectivity index (χ1n) is 2.91. The summed E-state index contributed by atoms with van der Waals surface area (Å²) in [5, 5.41) is 0. The molecule has 0 aromatic carbocycles. The van der Waals surface area contributed by atoms with Gasteiger partial charge >= 0.3 is 0 Å². The van der Waals surface area contributed by atoms with Crippen LogP contribution in [0.15, 0.2) is 6.07 Å². The fourth-order valence-corrected chi connectivity index (χ4v) is 0.811. The molecule has 0 bridgehead atoms. The maximum atomic E-state index is 5.58. The quantitative estimate of drug-likeness (QED) is 0.399. The van der Waals surface area contributed by atoms with Crippen molar-refractivity contribution in [3.05, 3.63) is 11.8 Å². The van der Waals surface area contributed by atoms with Crippen LogP contribution in [0.5, 0.6) is 0 Å². The molecule has 3 nitrogen and oxygen atoms in total. The molecule has 0 saturated heterocycles. The van der Waals surface area contributed by atoms with Crippen LogP contribution in [0.2, 0.25) is 0 Å². The van der Waals surface area contributed by atoms with Gasteiger partial charge in [0.05, 0.1) is 11.8 Å². The summed E-state index contributed by atoms with van der Waals surface area (Å²) in [5.74, 6) is 0.801. The second kappa shape index (κ2) is 2.92. The lowest BCUT2D eigenvalue weighted by Gasteiger charge is -1.94. The Morgan fingerprint density at radius 3 is 2.20 bits per heavy atom. The van der Waals surface area contributed by atoms with Crippen molar-refractivity contribution < 1.29 is 17.1 Å². The van der Waals surface area contributed by atoms with Crippen molar-refractivity contribution in [1.29, 1.82) is 0 Å². The fourth-order valence-electron chi connectivity index (χ4n) is 0.811. The first-order valence-corrected chi connectivity index (χ1v) is 2.91. The normalized spacial score (nSPS) is 9.10. The smallest absolute Gasteiger partial charge is 0.292 e. The minimum absolute atomic E-state index is 0. The molecule has 1 aromatic heterocycles. The predicted octanol–water partition coefficient (Wildman–Crippen LogP) is -3.26. The summed E-state index contributed by atoms with van der Waals surface area (Å²) in [7, 11) is 3.91. The molecule has 1 heterocycles. The fraction of sp³-hybridized carbons (Fsp3) is 0.500. The predicted molar refractivity (Wildman–Crippen MR) is 35.7 cm³/mol. The lowest BCUT2D eigenvalue weighted by molar-refractivity contribution is -0.738. The van der Waals surface area contributed by atoms with E-state index in [-0.39, 0.29) is 12.4 Å². The van der Waals surface area contributed by atoms with Gasteiger partial charge in [0, 0.05) is 7.05 Å². The van der Waals surface area contributed by atoms with E-state index < -0.39 is 0 Å². The summed E-state index contributed by atoms with van der Waals surface area (Å²) in [5.41, 5.74) is 6.76. The Balaban J connectivity index is 0.000000810. The molecule has 0 aliphatic rings. The second-order valence-corrected chi connectivity index (χ2v) is 2.26. The molecule has 1 rings (SSSR count). The number of anilines is 1. The molecule has 0 unspecified atom stereocenters. The number of aryl methyl sites for hydroxylation is 1. The van der Waals surface area contributed by atoms with Gasteiger partial charge in [-0.1, -0.05) is 0 Å². The number of nitrogen functional groups attached to an aromatic ring is 1. The minimum atomic E-state index is 0. The third kappa shape index (κ3) is 1.24. The van der Waals surface area contributed by atoms with Crippen LogP contribution in [0.25, 0.3) is 0 Å². The average molecular weight is 162 g/mol. The average Bonchev–Trinajstić information content (AvgIpc) is 1.98. The van der Waals surface area contributed by atoms with Crippen molar-refractivity contribution in [2.24, 2.45) is 14.1 Å². The minimum Gasteiger partial charge on any atom is -1.00 e. The van der Waals surface area contributed by atoms with E-state index in [0.717, 1.165) is 5.82 Å². The van der Waals surface area contributed by atoms with Crippen molar-refractivity contribution in [2.75, 3.05) is 5.73 Å². The molecule has 0 saturated carbocycles. The van der Waals surface area contributed by atoms with E-state index in [1.165, 1.54) is 5.69 Å². The highest BCUT2D eigenvalue weighted by atomic mass is 35.5. The van der Waals surface area contributed by atoms with Gasteiger partial charge < -0.3 is 12.4 Å². The monoisotopic (exact) mass is 161 g/mol. The molecule has 0 fully saturated rings. The van der Waals surface area contributed by atoms with E-state index in [0.29, 0.717) is 0 Å². The molecular formula is C6H12ClN3. The zero-order valence-electron chi connectivity index (χ0n) is 6.43. The zero-order chi connectivity index (χ0) is 7.02. The van der Waals surface area contributed by atoms with Crippen LogP contribution in [-0.4, -0.2) is 4.68 Å². The number of aromatic nitrogens is 2. The highest BCUT2D eigenvalue weighted by molar-refractivity contribution is 5.22. The number of hydrogen-bond acceptors (Lipinski definition) is 1. The van der Waals surface area contributed by atoms with Crippen LogP contribution in [0, 0.1) is 6.92 Å². The van der Waals surface area contributed by atoms with E-state index in [9.17, 15) is 0 Å². The van der Waals surface area contributed by atoms with Crippen LogP contribution in [0.1, 0.15) is 5.69 Å². The molecular weight excluding hydrogens is 150 g/mol. The van der Waals surface area contributed by atoms with Crippen LogP contribution in [0.4, 0.5) is 5.82 Å². The maximum Gasteiger partial charge on any atom is 0.292 e. The Kier molecular flexibility index (Phi) is 2.72. The Morgan fingerprint density at radius 1 is 1.60 bits per heavy atom. The summed E-state index contributed by atoms with van der Waals surface area (Å²) in [6, 6.07) is 1.94. The van der Waals surface area contributed by atoms with Gasteiger partial charge in [-0.15, -0.1) is 0 Å². The van der Waals surface area contributed by atoms with E-state index >= 15 is 0 Å². The van der Waals surface area contributed by atoms with E-state index in [4.69, 9.17) is 5.73 Å². The van der Waals surface area contributed by atoms with E-state index in [1.807, 2.05) is 36.4 Å². The molecule has 2 N–H and O–H groups in total. The highest BCUT2D eigenvalue weighted by Gasteiger charge is 2.05. The summed E-state index contributed by atoms with van der Waals surface area (Å²) in [6.45, 7) is 2.02. The van der Waals surface area contributed by atoms with Crippen molar-refractivity contribution in [3.8, 4) is 0 Å². The van der Waals surface area contributed by atoms with Gasteiger partial charge in [0.25, 0.3) is 5.82 Å². The van der Waals surface area contributed by atoms with Gasteiger partial charge in [-0.3, -0.25) is 5.73 Å². The Morgan fingerprint density at radius 2 is 2.10 bits per heavy atom. The summed E-state index contributed by atoms with van der Waals surface area (Å²) in [6.07, 6.45) is 0. The van der Waals surface area contributed by atoms with E-state index in [2.05, 4.69) is 0 Å². The number of nitrogens with zero attached hydrogens (tertiary/aromatic N) is 2. The maximum absolute atomic E-state index is 5.58. The number of nitrogens with two attached hydrogens (primary N) is 1. The zero-order valence-corrected chi connectivity index (χ0v) is 7.18. The van der Waals surface area contributed by atoms with Crippen LogP contribution >= 0.6 is 0 Å². The molecule has 4 heteroatoms. The van der Waals surface area contributed by atoms with Gasteiger partial charge in [0.2, 0.25) is 0 Å². The third-order valence-corrected chi connectivity index (χ3v) is 1.69. The lowest BCUT2D eigenvalue weighted by Crippen LogP contribution is -3.00. The summed E-state index contributed by atoms with van der Waals surface area (Å²) in [4.78, 5) is 0. The lowest BCUT2D eigenvalue weighted by atomic mass is 10.5. The van der Waals surface area contributed by atoms with Crippen molar-refractivity contribution in [1.82, 2.24) is 4.68 Å². The van der Waals surface area contributed by atoms with Crippen molar-refractivity contribution in [3.63, 3.8) is 0 Å². The molecule has 58 valence electrons. The Labute approximate surface area is 66.8 Å². The number of hydrogen-bond donors (Lipinski definition) is 1. The number of rotatable bonds is 0. The van der Waals surface area contributed by atoms with Gasteiger partial charge in [0.1, 0.15) is 7.05 Å². The molecule has 0 atom stereocenters. The third-order valence-electron chi connectivity index (χ3n) is 1.69. The largest absolute Gasteiger partial charge is 1.00 e. The Bertz CT molecular complexity index is 207. The molecule has 0 aliphatic heterocycles. The molecule has 0 amide bonds. The first-order chi connectivity index (χ1) is 4.13. The second-order valence-electron chi connectivity index (χ2n) is 2.26. The van der Waals surface area contributed by atoms with Gasteiger partial charge in [-0.05, 0) is 6.92 Å². The molecule has 0 spiro atoms. The van der Waals surface area contributed by atoms with Crippen LogP contribution < -0.4 is 22.8 Å².